The highest BCUT2D eigenvalue weighted by Gasteiger charge is 2.23. The van der Waals surface area contributed by atoms with Gasteiger partial charge in [0.1, 0.15) is 5.82 Å². The van der Waals surface area contributed by atoms with Gasteiger partial charge >= 0.3 is 6.09 Å². The van der Waals surface area contributed by atoms with Crippen molar-refractivity contribution in [1.29, 1.82) is 0 Å². The van der Waals surface area contributed by atoms with Gasteiger partial charge in [0.2, 0.25) is 0 Å². The van der Waals surface area contributed by atoms with E-state index in [0.717, 1.165) is 12.8 Å². The number of hydrogen-bond acceptors (Lipinski definition) is 3. The molecule has 1 aromatic rings. The van der Waals surface area contributed by atoms with Crippen LogP contribution in [0.15, 0.2) is 12.3 Å². The zero-order chi connectivity index (χ0) is 10.8. The Morgan fingerprint density at radius 2 is 2.20 bits per heavy atom. The van der Waals surface area contributed by atoms with E-state index >= 15 is 0 Å². The number of likely N-dealkylation sites (tertiary alicyclic amines) is 1. The van der Waals surface area contributed by atoms with Crippen LogP contribution in [0.5, 0.6) is 0 Å². The minimum absolute atomic E-state index is 0.276. The Kier molecular flexibility index (Phi) is 2.49. The highest BCUT2D eigenvalue weighted by molar-refractivity contribution is 5.64. The van der Waals surface area contributed by atoms with Crippen molar-refractivity contribution in [3.05, 3.63) is 12.3 Å². The molecule has 1 saturated heterocycles. The first-order chi connectivity index (χ1) is 7.16. The van der Waals surface area contributed by atoms with Crippen LogP contribution in [-0.4, -0.2) is 39.0 Å². The van der Waals surface area contributed by atoms with Crippen LogP contribution < -0.4 is 5.73 Å². The molecule has 0 atom stereocenters. The molecule has 1 fully saturated rings. The molecule has 82 valence electrons. The fourth-order valence-corrected chi connectivity index (χ4v) is 1.88. The molecule has 0 spiro atoms. The van der Waals surface area contributed by atoms with Crippen LogP contribution in [0, 0.1) is 0 Å². The maximum absolute atomic E-state index is 10.7. The average Bonchev–Trinajstić information content (AvgIpc) is 2.65. The summed E-state index contributed by atoms with van der Waals surface area (Å²) in [4.78, 5) is 12.1. The van der Waals surface area contributed by atoms with Crippen molar-refractivity contribution in [3.8, 4) is 0 Å². The van der Waals surface area contributed by atoms with Crippen molar-refractivity contribution < 1.29 is 9.90 Å². The minimum Gasteiger partial charge on any atom is -0.465 e. The average molecular weight is 210 g/mol. The summed E-state index contributed by atoms with van der Waals surface area (Å²) < 4.78 is 1.83. The quantitative estimate of drug-likeness (QED) is 0.717. The number of nitrogens with two attached hydrogens (primary N) is 1. The van der Waals surface area contributed by atoms with Crippen molar-refractivity contribution in [2.75, 3.05) is 18.8 Å². The van der Waals surface area contributed by atoms with E-state index in [0.29, 0.717) is 18.9 Å². The molecule has 2 rings (SSSR count). The summed E-state index contributed by atoms with van der Waals surface area (Å²) in [5, 5.41) is 12.9. The largest absolute Gasteiger partial charge is 0.465 e. The molecule has 15 heavy (non-hydrogen) atoms. The van der Waals surface area contributed by atoms with E-state index in [2.05, 4.69) is 5.10 Å². The van der Waals surface area contributed by atoms with Gasteiger partial charge in [-0.3, -0.25) is 4.68 Å². The van der Waals surface area contributed by atoms with Crippen LogP contribution in [0.3, 0.4) is 0 Å². The van der Waals surface area contributed by atoms with E-state index in [-0.39, 0.29) is 6.04 Å². The molecule has 6 heteroatoms. The maximum Gasteiger partial charge on any atom is 0.407 e. The second kappa shape index (κ2) is 3.80. The van der Waals surface area contributed by atoms with Gasteiger partial charge in [0.15, 0.2) is 0 Å². The van der Waals surface area contributed by atoms with Gasteiger partial charge in [0.25, 0.3) is 0 Å². The highest BCUT2D eigenvalue weighted by atomic mass is 16.4. The first-order valence-corrected chi connectivity index (χ1v) is 4.95. The lowest BCUT2D eigenvalue weighted by Crippen LogP contribution is -2.38. The third-order valence-electron chi connectivity index (χ3n) is 2.74. The lowest BCUT2D eigenvalue weighted by atomic mass is 10.1. The second-order valence-electron chi connectivity index (χ2n) is 3.72. The zero-order valence-electron chi connectivity index (χ0n) is 8.33. The third kappa shape index (κ3) is 2.03. The van der Waals surface area contributed by atoms with Crippen molar-refractivity contribution in [3.63, 3.8) is 0 Å². The standard InChI is InChI=1S/C9H14N4O2/c10-8-3-6-13(11-8)7-1-4-12(5-2-7)9(14)15/h3,6-7H,1-2,4-5H2,(H2,10,11)(H,14,15). The molecule has 0 radical (unpaired) electrons. The fraction of sp³-hybridized carbons (Fsp3) is 0.556. The van der Waals surface area contributed by atoms with Gasteiger partial charge in [-0.05, 0) is 18.9 Å². The van der Waals surface area contributed by atoms with Gasteiger partial charge < -0.3 is 15.7 Å². The smallest absolute Gasteiger partial charge is 0.407 e. The first kappa shape index (κ1) is 9.82. The molecule has 3 N–H and O–H groups in total. The number of aromatic nitrogens is 2. The number of amides is 1. The molecule has 1 amide bonds. The number of carbonyl (C=O) groups is 1. The Hall–Kier alpha value is -1.72. The maximum atomic E-state index is 10.7. The number of piperidine rings is 1. The van der Waals surface area contributed by atoms with E-state index in [1.54, 1.807) is 6.07 Å². The molecule has 0 bridgehead atoms. The number of rotatable bonds is 1. The van der Waals surface area contributed by atoms with Crippen LogP contribution in [0.25, 0.3) is 0 Å². The molecule has 2 heterocycles. The van der Waals surface area contributed by atoms with Crippen molar-refractivity contribution in [2.24, 2.45) is 0 Å². The van der Waals surface area contributed by atoms with Crippen LogP contribution in [0.4, 0.5) is 10.6 Å². The Balaban J connectivity index is 1.96. The predicted octanol–water partition coefficient (Wildman–Crippen LogP) is 0.780. The normalized spacial score (nSPS) is 18.0. The van der Waals surface area contributed by atoms with Crippen molar-refractivity contribution in [2.45, 2.75) is 18.9 Å². The Morgan fingerprint density at radius 1 is 1.53 bits per heavy atom. The number of nitrogen functional groups attached to an aromatic ring is 1. The number of nitrogens with zero attached hydrogens (tertiary/aromatic N) is 3. The lowest BCUT2D eigenvalue weighted by Gasteiger charge is -2.29. The van der Waals surface area contributed by atoms with E-state index in [1.165, 1.54) is 4.90 Å². The van der Waals surface area contributed by atoms with E-state index in [9.17, 15) is 4.79 Å². The number of hydrogen-bond donors (Lipinski definition) is 2. The molecular weight excluding hydrogens is 196 g/mol. The summed E-state index contributed by atoms with van der Waals surface area (Å²) in [6.07, 6.45) is 2.60. The molecular formula is C9H14N4O2. The summed E-state index contributed by atoms with van der Waals surface area (Å²) in [6.45, 7) is 1.14. The third-order valence-corrected chi connectivity index (χ3v) is 2.74. The topological polar surface area (TPSA) is 84.4 Å². The van der Waals surface area contributed by atoms with Crippen LogP contribution in [-0.2, 0) is 0 Å². The van der Waals surface area contributed by atoms with Gasteiger partial charge in [-0.25, -0.2) is 4.79 Å². The Labute approximate surface area is 87.3 Å². The van der Waals surface area contributed by atoms with Crippen molar-refractivity contribution >= 4 is 11.9 Å². The van der Waals surface area contributed by atoms with E-state index < -0.39 is 6.09 Å². The van der Waals surface area contributed by atoms with Crippen molar-refractivity contribution in [1.82, 2.24) is 14.7 Å². The van der Waals surface area contributed by atoms with Gasteiger partial charge in [0.05, 0.1) is 6.04 Å². The predicted molar refractivity (Wildman–Crippen MR) is 54.5 cm³/mol. The molecule has 0 saturated carbocycles. The van der Waals surface area contributed by atoms with E-state index in [1.807, 2.05) is 10.9 Å². The summed E-state index contributed by atoms with van der Waals surface area (Å²) in [5.41, 5.74) is 5.52. The van der Waals surface area contributed by atoms with Gasteiger partial charge in [-0.15, -0.1) is 0 Å². The van der Waals surface area contributed by atoms with Crippen LogP contribution in [0.2, 0.25) is 0 Å². The van der Waals surface area contributed by atoms with E-state index in [4.69, 9.17) is 10.8 Å². The van der Waals surface area contributed by atoms with Gasteiger partial charge in [-0.1, -0.05) is 0 Å². The summed E-state index contributed by atoms with van der Waals surface area (Å²) >= 11 is 0. The van der Waals surface area contributed by atoms with Crippen LogP contribution >= 0.6 is 0 Å². The fourth-order valence-electron chi connectivity index (χ4n) is 1.88. The summed E-state index contributed by atoms with van der Waals surface area (Å²) in [7, 11) is 0. The number of anilines is 1. The zero-order valence-corrected chi connectivity index (χ0v) is 8.33. The Morgan fingerprint density at radius 3 is 2.67 bits per heavy atom. The highest BCUT2D eigenvalue weighted by Crippen LogP contribution is 2.22. The second-order valence-corrected chi connectivity index (χ2v) is 3.72. The molecule has 6 nitrogen and oxygen atoms in total. The first-order valence-electron chi connectivity index (χ1n) is 4.95. The SMILES string of the molecule is Nc1ccn(C2CCN(C(=O)O)CC2)n1. The minimum atomic E-state index is -0.839. The molecule has 0 aliphatic carbocycles. The molecule has 1 aliphatic rings. The Bertz CT molecular complexity index is 355. The molecule has 1 aromatic heterocycles. The molecule has 1 aliphatic heterocycles. The summed E-state index contributed by atoms with van der Waals surface area (Å²) in [5.74, 6) is 0.510. The van der Waals surface area contributed by atoms with Gasteiger partial charge in [-0.2, -0.15) is 5.10 Å². The summed E-state index contributed by atoms with van der Waals surface area (Å²) in [6, 6.07) is 2.03. The van der Waals surface area contributed by atoms with Crippen LogP contribution in [0.1, 0.15) is 18.9 Å². The number of carboxylic acid groups (broad SMARTS) is 1. The lowest BCUT2D eigenvalue weighted by molar-refractivity contribution is 0.124. The molecule has 0 unspecified atom stereocenters. The monoisotopic (exact) mass is 210 g/mol. The van der Waals surface area contributed by atoms with Gasteiger partial charge in [0, 0.05) is 19.3 Å². The molecule has 0 aromatic carbocycles.